The van der Waals surface area contributed by atoms with Crippen LogP contribution in [0.1, 0.15) is 21.5 Å². The quantitative estimate of drug-likeness (QED) is 0.462. The molecule has 0 fully saturated rings. The first kappa shape index (κ1) is 23.8. The molecular weight excluding hydrogens is 447 g/mol. The zero-order chi connectivity index (χ0) is 23.1. The highest BCUT2D eigenvalue weighted by atomic mass is 32.2. The van der Waals surface area contributed by atoms with Crippen molar-refractivity contribution in [1.82, 2.24) is 5.32 Å². The minimum atomic E-state index is -3.69. The molecule has 0 unspecified atom stereocenters. The number of anilines is 1. The molecule has 0 atom stereocenters. The van der Waals surface area contributed by atoms with Crippen molar-refractivity contribution >= 4 is 33.4 Å². The van der Waals surface area contributed by atoms with E-state index in [-0.39, 0.29) is 16.6 Å². The Morgan fingerprint density at radius 3 is 2.31 bits per heavy atom. The van der Waals surface area contributed by atoms with E-state index in [1.807, 2.05) is 6.92 Å². The van der Waals surface area contributed by atoms with Crippen LogP contribution in [0.3, 0.4) is 0 Å². The number of thioether (sulfide) groups is 1. The van der Waals surface area contributed by atoms with Gasteiger partial charge in [-0.25, -0.2) is 12.8 Å². The zero-order valence-corrected chi connectivity index (χ0v) is 19.5. The molecule has 0 spiro atoms. The Bertz CT molecular complexity index is 1160. The predicted octanol–water partition coefficient (Wildman–Crippen LogP) is 4.62. The number of amides is 1. The molecule has 1 N–H and O–H groups in total. The summed E-state index contributed by atoms with van der Waals surface area (Å²) in [5.74, 6) is 0.722. The average molecular weight is 473 g/mol. The second-order valence-corrected chi connectivity index (χ2v) is 10.3. The van der Waals surface area contributed by atoms with Gasteiger partial charge in [-0.2, -0.15) is 11.8 Å². The number of carbonyl (C=O) groups is 1. The molecule has 0 saturated heterocycles. The van der Waals surface area contributed by atoms with Crippen LogP contribution in [0.15, 0.2) is 77.7 Å². The highest BCUT2D eigenvalue weighted by Crippen LogP contribution is 2.23. The minimum absolute atomic E-state index is 0.209. The van der Waals surface area contributed by atoms with Gasteiger partial charge >= 0.3 is 0 Å². The van der Waals surface area contributed by atoms with Crippen molar-refractivity contribution in [3.05, 3.63) is 95.3 Å². The number of halogens is 1. The minimum Gasteiger partial charge on any atom is -0.351 e. The number of sulfonamides is 1. The molecule has 5 nitrogen and oxygen atoms in total. The molecular formula is C24H25FN2O3S2. The van der Waals surface area contributed by atoms with Crippen LogP contribution in [0.5, 0.6) is 0 Å². The van der Waals surface area contributed by atoms with Gasteiger partial charge < -0.3 is 5.32 Å². The fraction of sp³-hybridized carbons (Fsp3) is 0.208. The van der Waals surface area contributed by atoms with E-state index < -0.39 is 10.0 Å². The van der Waals surface area contributed by atoms with Gasteiger partial charge in [-0.3, -0.25) is 9.10 Å². The Labute approximate surface area is 192 Å². The van der Waals surface area contributed by atoms with Crippen molar-refractivity contribution in [1.29, 1.82) is 0 Å². The van der Waals surface area contributed by atoms with E-state index in [1.165, 1.54) is 29.2 Å². The Balaban J connectivity index is 1.52. The Hall–Kier alpha value is -2.84. The number of nitrogens with zero attached hydrogens (tertiary/aromatic N) is 1. The SMILES string of the molecule is Cc1ccc(S(=O)(=O)N(C)c2ccc(C(=O)NCCSCc3ccccc3F)cc2)cc1. The van der Waals surface area contributed by atoms with Gasteiger partial charge in [0.05, 0.1) is 10.6 Å². The maximum atomic E-state index is 13.6. The fourth-order valence-corrected chi connectivity index (χ4v) is 5.01. The van der Waals surface area contributed by atoms with E-state index >= 15 is 0 Å². The van der Waals surface area contributed by atoms with E-state index in [0.717, 1.165) is 5.56 Å². The molecule has 3 aromatic carbocycles. The normalized spacial score (nSPS) is 11.2. The lowest BCUT2D eigenvalue weighted by atomic mass is 10.2. The van der Waals surface area contributed by atoms with Gasteiger partial charge in [-0.15, -0.1) is 0 Å². The number of carbonyl (C=O) groups excluding carboxylic acids is 1. The van der Waals surface area contributed by atoms with Crippen LogP contribution < -0.4 is 9.62 Å². The van der Waals surface area contributed by atoms with Crippen molar-refractivity contribution < 1.29 is 17.6 Å². The monoisotopic (exact) mass is 472 g/mol. The van der Waals surface area contributed by atoms with E-state index in [1.54, 1.807) is 66.7 Å². The standard InChI is InChI=1S/C24H25FN2O3S2/c1-18-7-13-22(14-8-18)32(29,30)27(2)21-11-9-19(10-12-21)24(28)26-15-16-31-17-20-5-3-4-6-23(20)25/h3-14H,15-17H2,1-2H3,(H,26,28). The first-order valence-electron chi connectivity index (χ1n) is 10.0. The second-order valence-electron chi connectivity index (χ2n) is 7.23. The highest BCUT2D eigenvalue weighted by molar-refractivity contribution is 7.98. The molecule has 168 valence electrons. The first-order valence-corrected chi connectivity index (χ1v) is 12.6. The molecule has 0 aromatic heterocycles. The number of benzene rings is 3. The number of aryl methyl sites for hydroxylation is 1. The number of hydrogen-bond donors (Lipinski definition) is 1. The van der Waals surface area contributed by atoms with Crippen LogP contribution in [-0.2, 0) is 15.8 Å². The fourth-order valence-electron chi connectivity index (χ4n) is 2.97. The number of nitrogens with one attached hydrogen (secondary N) is 1. The third-order valence-electron chi connectivity index (χ3n) is 4.92. The summed E-state index contributed by atoms with van der Waals surface area (Å²) in [6.07, 6.45) is 0. The van der Waals surface area contributed by atoms with Gasteiger partial charge in [0.1, 0.15) is 5.82 Å². The largest absolute Gasteiger partial charge is 0.351 e. The van der Waals surface area contributed by atoms with Crippen LogP contribution in [-0.4, -0.2) is 33.7 Å². The van der Waals surface area contributed by atoms with Crippen molar-refractivity contribution in [2.45, 2.75) is 17.6 Å². The van der Waals surface area contributed by atoms with E-state index in [4.69, 9.17) is 0 Å². The lowest BCUT2D eigenvalue weighted by Gasteiger charge is -2.20. The molecule has 0 aliphatic rings. The maximum Gasteiger partial charge on any atom is 0.264 e. The van der Waals surface area contributed by atoms with Crippen molar-refractivity contribution in [2.75, 3.05) is 23.7 Å². The molecule has 0 heterocycles. The van der Waals surface area contributed by atoms with Crippen LogP contribution >= 0.6 is 11.8 Å². The third kappa shape index (κ3) is 5.89. The summed E-state index contributed by atoms with van der Waals surface area (Å²) in [4.78, 5) is 12.6. The number of rotatable bonds is 9. The summed E-state index contributed by atoms with van der Waals surface area (Å²) in [7, 11) is -2.20. The summed E-state index contributed by atoms with van der Waals surface area (Å²) < 4.78 is 40.4. The van der Waals surface area contributed by atoms with Crippen LogP contribution in [0.4, 0.5) is 10.1 Å². The highest BCUT2D eigenvalue weighted by Gasteiger charge is 2.21. The molecule has 0 aliphatic carbocycles. The van der Waals surface area contributed by atoms with Gasteiger partial charge in [-0.05, 0) is 55.0 Å². The molecule has 0 aliphatic heterocycles. The first-order chi connectivity index (χ1) is 15.3. The van der Waals surface area contributed by atoms with Crippen molar-refractivity contribution in [2.24, 2.45) is 0 Å². The summed E-state index contributed by atoms with van der Waals surface area (Å²) in [5.41, 5.74) is 2.52. The maximum absolute atomic E-state index is 13.6. The third-order valence-corrected chi connectivity index (χ3v) is 7.73. The Morgan fingerprint density at radius 2 is 1.66 bits per heavy atom. The van der Waals surface area contributed by atoms with Gasteiger partial charge in [0.15, 0.2) is 0 Å². The van der Waals surface area contributed by atoms with E-state index in [9.17, 15) is 17.6 Å². The second kappa shape index (κ2) is 10.7. The summed E-state index contributed by atoms with van der Waals surface area (Å²) >= 11 is 1.54. The zero-order valence-electron chi connectivity index (χ0n) is 17.9. The van der Waals surface area contributed by atoms with Crippen LogP contribution in [0.25, 0.3) is 0 Å². The molecule has 1 amide bonds. The molecule has 0 radical (unpaired) electrons. The van der Waals surface area contributed by atoms with Gasteiger partial charge in [-0.1, -0.05) is 35.9 Å². The number of hydrogen-bond acceptors (Lipinski definition) is 4. The van der Waals surface area contributed by atoms with Gasteiger partial charge in [0.25, 0.3) is 15.9 Å². The molecule has 0 saturated carbocycles. The van der Waals surface area contributed by atoms with Crippen molar-refractivity contribution in [3.8, 4) is 0 Å². The lowest BCUT2D eigenvalue weighted by Crippen LogP contribution is -2.27. The molecule has 32 heavy (non-hydrogen) atoms. The molecule has 8 heteroatoms. The molecule has 3 aromatic rings. The topological polar surface area (TPSA) is 66.5 Å². The van der Waals surface area contributed by atoms with Gasteiger partial charge in [0, 0.05) is 30.7 Å². The average Bonchev–Trinajstić information content (AvgIpc) is 2.79. The van der Waals surface area contributed by atoms with Crippen LogP contribution in [0.2, 0.25) is 0 Å². The lowest BCUT2D eigenvalue weighted by molar-refractivity contribution is 0.0956. The predicted molar refractivity (Wildman–Crippen MR) is 128 cm³/mol. The Kier molecular flexibility index (Phi) is 7.93. The smallest absolute Gasteiger partial charge is 0.264 e. The Morgan fingerprint density at radius 1 is 1.00 bits per heavy atom. The molecule has 0 bridgehead atoms. The van der Waals surface area contributed by atoms with E-state index in [0.29, 0.717) is 34.9 Å². The van der Waals surface area contributed by atoms with Gasteiger partial charge in [0.2, 0.25) is 0 Å². The van der Waals surface area contributed by atoms with Crippen molar-refractivity contribution in [3.63, 3.8) is 0 Å². The van der Waals surface area contributed by atoms with E-state index in [2.05, 4.69) is 5.32 Å². The summed E-state index contributed by atoms with van der Waals surface area (Å²) in [6.45, 7) is 2.34. The summed E-state index contributed by atoms with van der Waals surface area (Å²) in [6, 6.07) is 19.7. The molecule has 3 rings (SSSR count). The van der Waals surface area contributed by atoms with Crippen LogP contribution in [0, 0.1) is 12.7 Å². The summed E-state index contributed by atoms with van der Waals surface area (Å²) in [5, 5.41) is 2.82.